The monoisotopic (exact) mass is 237 g/mol. The number of nitriles is 1. The van der Waals surface area contributed by atoms with Crippen LogP contribution in [-0.2, 0) is 0 Å². The third kappa shape index (κ3) is 2.75. The van der Waals surface area contributed by atoms with Crippen LogP contribution in [0.25, 0.3) is 0 Å². The van der Waals surface area contributed by atoms with Gasteiger partial charge in [0.2, 0.25) is 0 Å². The molecule has 0 fully saturated rings. The van der Waals surface area contributed by atoms with Gasteiger partial charge in [-0.05, 0) is 17.0 Å². The molecular weight excluding hydrogens is 222 g/mol. The first-order valence-corrected chi connectivity index (χ1v) is 5.58. The second-order valence-corrected chi connectivity index (χ2v) is 5.35. The van der Waals surface area contributed by atoms with Crippen molar-refractivity contribution in [1.29, 1.82) is 5.26 Å². The Morgan fingerprint density at radius 2 is 1.88 bits per heavy atom. The molecule has 0 amide bonds. The molecule has 1 aromatic carbocycles. The molecule has 0 saturated heterocycles. The van der Waals surface area contributed by atoms with Gasteiger partial charge in [-0.1, -0.05) is 50.6 Å². The Bertz CT molecular complexity index is 403. The van der Waals surface area contributed by atoms with Crippen LogP contribution in [0.15, 0.2) is 24.3 Å². The smallest absolute Gasteiger partial charge is 0.0991 e. The standard InChI is InChI=1S/C13H16ClNO/c1-13(2,3)12(16)10(8-15)9-6-4-5-7-11(9)14/h4-7,10,12,16H,1-3H3. The molecule has 0 spiro atoms. The molecule has 2 unspecified atom stereocenters. The molecule has 0 aromatic heterocycles. The number of rotatable bonds is 2. The van der Waals surface area contributed by atoms with E-state index in [9.17, 15) is 5.11 Å². The van der Waals surface area contributed by atoms with Crippen molar-refractivity contribution in [3.05, 3.63) is 34.9 Å². The van der Waals surface area contributed by atoms with E-state index in [1.54, 1.807) is 12.1 Å². The largest absolute Gasteiger partial charge is 0.391 e. The highest BCUT2D eigenvalue weighted by molar-refractivity contribution is 6.31. The molecule has 0 heterocycles. The lowest BCUT2D eigenvalue weighted by Gasteiger charge is -2.29. The van der Waals surface area contributed by atoms with Crippen LogP contribution in [0.5, 0.6) is 0 Å². The average Bonchev–Trinajstić information content (AvgIpc) is 2.20. The number of nitrogens with zero attached hydrogens (tertiary/aromatic N) is 1. The number of hydrogen-bond donors (Lipinski definition) is 1. The molecule has 0 bridgehead atoms. The Balaban J connectivity index is 3.11. The van der Waals surface area contributed by atoms with Gasteiger partial charge in [-0.25, -0.2) is 0 Å². The predicted octanol–water partition coefficient (Wildman–Crippen LogP) is 3.35. The van der Waals surface area contributed by atoms with Crippen molar-refractivity contribution in [2.24, 2.45) is 5.41 Å². The Kier molecular flexibility index (Phi) is 3.96. The van der Waals surface area contributed by atoms with Gasteiger partial charge in [0.25, 0.3) is 0 Å². The van der Waals surface area contributed by atoms with Crippen LogP contribution in [0, 0.1) is 16.7 Å². The first kappa shape index (κ1) is 13.0. The fraction of sp³-hybridized carbons (Fsp3) is 0.462. The van der Waals surface area contributed by atoms with Crippen molar-refractivity contribution in [2.45, 2.75) is 32.8 Å². The summed E-state index contributed by atoms with van der Waals surface area (Å²) in [6.07, 6.45) is -0.739. The van der Waals surface area contributed by atoms with Gasteiger partial charge in [0.05, 0.1) is 18.1 Å². The van der Waals surface area contributed by atoms with E-state index < -0.39 is 12.0 Å². The Morgan fingerprint density at radius 3 is 2.31 bits per heavy atom. The molecule has 2 nitrogen and oxygen atoms in total. The molecule has 16 heavy (non-hydrogen) atoms. The maximum absolute atomic E-state index is 10.1. The number of aliphatic hydroxyl groups is 1. The third-order valence-corrected chi connectivity index (χ3v) is 2.93. The van der Waals surface area contributed by atoms with Crippen molar-refractivity contribution in [3.63, 3.8) is 0 Å². The zero-order valence-electron chi connectivity index (χ0n) is 9.74. The lowest BCUT2D eigenvalue weighted by molar-refractivity contribution is 0.0527. The fourth-order valence-corrected chi connectivity index (χ4v) is 1.79. The van der Waals surface area contributed by atoms with E-state index in [0.29, 0.717) is 10.6 Å². The Hall–Kier alpha value is -1.04. The van der Waals surface area contributed by atoms with E-state index in [2.05, 4.69) is 6.07 Å². The van der Waals surface area contributed by atoms with Crippen LogP contribution < -0.4 is 0 Å². The van der Waals surface area contributed by atoms with E-state index in [1.165, 1.54) is 0 Å². The van der Waals surface area contributed by atoms with Crippen LogP contribution in [0.1, 0.15) is 32.3 Å². The normalized spacial score (nSPS) is 15.2. The molecule has 0 aliphatic heterocycles. The van der Waals surface area contributed by atoms with E-state index in [-0.39, 0.29) is 5.41 Å². The van der Waals surface area contributed by atoms with E-state index in [1.807, 2.05) is 32.9 Å². The number of aliphatic hydroxyl groups excluding tert-OH is 1. The van der Waals surface area contributed by atoms with Gasteiger partial charge in [-0.2, -0.15) is 5.26 Å². The number of halogens is 1. The molecule has 86 valence electrons. The highest BCUT2D eigenvalue weighted by Gasteiger charge is 2.32. The molecule has 3 heteroatoms. The number of benzene rings is 1. The van der Waals surface area contributed by atoms with Gasteiger partial charge in [0, 0.05) is 5.02 Å². The summed E-state index contributed by atoms with van der Waals surface area (Å²) in [4.78, 5) is 0. The Morgan fingerprint density at radius 1 is 1.31 bits per heavy atom. The van der Waals surface area contributed by atoms with Crippen LogP contribution in [0.3, 0.4) is 0 Å². The quantitative estimate of drug-likeness (QED) is 0.857. The lowest BCUT2D eigenvalue weighted by atomic mass is 9.79. The van der Waals surface area contributed by atoms with Crippen LogP contribution in [0.4, 0.5) is 0 Å². The predicted molar refractivity (Wildman–Crippen MR) is 65.3 cm³/mol. The molecule has 1 N–H and O–H groups in total. The zero-order chi connectivity index (χ0) is 12.3. The number of hydrogen-bond acceptors (Lipinski definition) is 2. The first-order chi connectivity index (χ1) is 7.38. The molecule has 0 saturated carbocycles. The molecule has 0 aliphatic carbocycles. The molecule has 0 radical (unpaired) electrons. The second kappa shape index (κ2) is 4.86. The lowest BCUT2D eigenvalue weighted by Crippen LogP contribution is -2.31. The summed E-state index contributed by atoms with van der Waals surface area (Å²) in [5.74, 6) is -0.589. The molecular formula is C13H16ClNO. The minimum atomic E-state index is -0.739. The molecule has 2 atom stereocenters. The fourth-order valence-electron chi connectivity index (χ4n) is 1.54. The van der Waals surface area contributed by atoms with Gasteiger partial charge in [-0.3, -0.25) is 0 Å². The van der Waals surface area contributed by atoms with Crippen LogP contribution in [0.2, 0.25) is 5.02 Å². The van der Waals surface area contributed by atoms with E-state index >= 15 is 0 Å². The van der Waals surface area contributed by atoms with Gasteiger partial charge < -0.3 is 5.11 Å². The highest BCUT2D eigenvalue weighted by Crippen LogP contribution is 2.34. The average molecular weight is 238 g/mol. The summed E-state index contributed by atoms with van der Waals surface area (Å²) in [5.41, 5.74) is 0.341. The summed E-state index contributed by atoms with van der Waals surface area (Å²) in [7, 11) is 0. The molecule has 1 rings (SSSR count). The second-order valence-electron chi connectivity index (χ2n) is 4.94. The van der Waals surface area contributed by atoms with Gasteiger partial charge in [0.1, 0.15) is 0 Å². The molecule has 1 aromatic rings. The summed E-state index contributed by atoms with van der Waals surface area (Å²) >= 11 is 6.03. The van der Waals surface area contributed by atoms with Crippen molar-refractivity contribution in [2.75, 3.05) is 0 Å². The van der Waals surface area contributed by atoms with Gasteiger partial charge >= 0.3 is 0 Å². The van der Waals surface area contributed by atoms with Gasteiger partial charge in [0.15, 0.2) is 0 Å². The van der Waals surface area contributed by atoms with E-state index in [4.69, 9.17) is 16.9 Å². The zero-order valence-corrected chi connectivity index (χ0v) is 10.5. The summed E-state index contributed by atoms with van der Waals surface area (Å²) in [5, 5.41) is 19.8. The maximum atomic E-state index is 10.1. The third-order valence-electron chi connectivity index (χ3n) is 2.58. The minimum Gasteiger partial charge on any atom is -0.391 e. The van der Waals surface area contributed by atoms with E-state index in [0.717, 1.165) is 0 Å². The van der Waals surface area contributed by atoms with Crippen molar-refractivity contribution in [3.8, 4) is 6.07 Å². The van der Waals surface area contributed by atoms with Crippen LogP contribution >= 0.6 is 11.6 Å². The maximum Gasteiger partial charge on any atom is 0.0991 e. The van der Waals surface area contributed by atoms with Crippen molar-refractivity contribution >= 4 is 11.6 Å². The summed E-state index contributed by atoms with van der Waals surface area (Å²) in [6.45, 7) is 5.70. The SMILES string of the molecule is CC(C)(C)C(O)C(C#N)c1ccccc1Cl. The molecule has 0 aliphatic rings. The Labute approximate surface area is 101 Å². The van der Waals surface area contributed by atoms with Gasteiger partial charge in [-0.15, -0.1) is 0 Å². The minimum absolute atomic E-state index is 0.348. The first-order valence-electron chi connectivity index (χ1n) is 5.20. The summed E-state index contributed by atoms with van der Waals surface area (Å²) in [6, 6.07) is 9.28. The topological polar surface area (TPSA) is 44.0 Å². The van der Waals surface area contributed by atoms with Crippen LogP contribution in [-0.4, -0.2) is 11.2 Å². The highest BCUT2D eigenvalue weighted by atomic mass is 35.5. The van der Waals surface area contributed by atoms with Crippen molar-refractivity contribution in [1.82, 2.24) is 0 Å². The van der Waals surface area contributed by atoms with Crippen molar-refractivity contribution < 1.29 is 5.11 Å². The summed E-state index contributed by atoms with van der Waals surface area (Å²) < 4.78 is 0.